The van der Waals surface area contributed by atoms with Gasteiger partial charge in [-0.2, -0.15) is 0 Å². The first-order chi connectivity index (χ1) is 9.16. The van der Waals surface area contributed by atoms with Crippen LogP contribution in [0.25, 0.3) is 0 Å². The molecule has 2 unspecified atom stereocenters. The van der Waals surface area contributed by atoms with Crippen LogP contribution in [0.2, 0.25) is 5.02 Å². The highest BCUT2D eigenvalue weighted by Crippen LogP contribution is 2.36. The van der Waals surface area contributed by atoms with Gasteiger partial charge in [-0.15, -0.1) is 0 Å². The van der Waals surface area contributed by atoms with E-state index in [1.54, 1.807) is 0 Å². The molecule has 2 N–H and O–H groups in total. The Labute approximate surface area is 118 Å². The predicted octanol–water partition coefficient (Wildman–Crippen LogP) is 3.53. The topological polar surface area (TPSA) is 32.3 Å². The number of halogens is 1. The van der Waals surface area contributed by atoms with E-state index in [0.29, 0.717) is 5.02 Å². The zero-order valence-electron chi connectivity index (χ0n) is 10.7. The summed E-state index contributed by atoms with van der Waals surface area (Å²) in [5, 5.41) is 14.6. The Morgan fingerprint density at radius 1 is 1.26 bits per heavy atom. The third kappa shape index (κ3) is 2.27. The van der Waals surface area contributed by atoms with Crippen LogP contribution in [0.5, 0.6) is 0 Å². The lowest BCUT2D eigenvalue weighted by molar-refractivity contribution is 0.133. The number of aliphatic hydroxyl groups excluding tert-OH is 1. The molecule has 3 heteroatoms. The van der Waals surface area contributed by atoms with Gasteiger partial charge in [-0.25, -0.2) is 0 Å². The van der Waals surface area contributed by atoms with E-state index in [9.17, 15) is 5.11 Å². The number of benzene rings is 2. The van der Waals surface area contributed by atoms with Crippen molar-refractivity contribution in [2.24, 2.45) is 0 Å². The van der Waals surface area contributed by atoms with Gasteiger partial charge in [0.25, 0.3) is 0 Å². The maximum Gasteiger partial charge on any atom is 0.0985 e. The first kappa shape index (κ1) is 12.7. The fourth-order valence-corrected chi connectivity index (χ4v) is 2.78. The summed E-state index contributed by atoms with van der Waals surface area (Å²) in [6.07, 6.45) is -0.582. The molecule has 2 aromatic rings. The molecule has 0 fully saturated rings. The molecule has 0 aromatic heterocycles. The van der Waals surface area contributed by atoms with Gasteiger partial charge in [0, 0.05) is 11.6 Å². The largest absolute Gasteiger partial charge is 0.386 e. The van der Waals surface area contributed by atoms with Gasteiger partial charge in [0.2, 0.25) is 0 Å². The summed E-state index contributed by atoms with van der Waals surface area (Å²) >= 11 is 6.13. The van der Waals surface area contributed by atoms with Crippen molar-refractivity contribution < 1.29 is 5.11 Å². The van der Waals surface area contributed by atoms with Gasteiger partial charge in [-0.05, 0) is 35.2 Å². The Balaban J connectivity index is 1.93. The minimum Gasteiger partial charge on any atom is -0.386 e. The Hall–Kier alpha value is -1.35. The molecule has 0 spiro atoms. The fraction of sp³-hybridized carbons (Fsp3) is 0.250. The molecule has 98 valence electrons. The lowest BCUT2D eigenvalue weighted by Gasteiger charge is -2.20. The van der Waals surface area contributed by atoms with E-state index in [4.69, 9.17) is 11.6 Å². The van der Waals surface area contributed by atoms with Gasteiger partial charge in [-0.1, -0.05) is 48.0 Å². The lowest BCUT2D eigenvalue weighted by atomic mass is 9.95. The van der Waals surface area contributed by atoms with Crippen molar-refractivity contribution in [3.63, 3.8) is 0 Å². The number of fused-ring (bicyclic) bond motifs is 1. The first-order valence-corrected chi connectivity index (χ1v) is 6.80. The quantitative estimate of drug-likeness (QED) is 0.877. The van der Waals surface area contributed by atoms with Crippen LogP contribution in [0.4, 0.5) is 0 Å². The summed E-state index contributed by atoms with van der Waals surface area (Å²) in [6.45, 7) is 2.76. The van der Waals surface area contributed by atoms with Crippen molar-refractivity contribution in [3.05, 3.63) is 69.7 Å². The molecule has 2 aromatic carbocycles. The molecule has 0 amide bonds. The van der Waals surface area contributed by atoms with Gasteiger partial charge in [0.1, 0.15) is 0 Å². The van der Waals surface area contributed by atoms with Crippen molar-refractivity contribution in [2.75, 3.05) is 0 Å². The standard InChI is InChI=1S/C16H16ClNO/c1-10-6-7-11(8-14(10)17)16(19)15-13-5-3-2-4-12(13)9-18-15/h2-8,15-16,18-19H,9H2,1H3. The highest BCUT2D eigenvalue weighted by molar-refractivity contribution is 6.31. The van der Waals surface area contributed by atoms with Crippen molar-refractivity contribution in [3.8, 4) is 0 Å². The zero-order chi connectivity index (χ0) is 13.4. The molecular weight excluding hydrogens is 258 g/mol. The Bertz CT molecular complexity index is 611. The van der Waals surface area contributed by atoms with Crippen molar-refractivity contribution >= 4 is 11.6 Å². The van der Waals surface area contributed by atoms with E-state index in [1.807, 2.05) is 37.3 Å². The maximum atomic E-state index is 10.6. The maximum absolute atomic E-state index is 10.6. The Kier molecular flexibility index (Phi) is 3.31. The van der Waals surface area contributed by atoms with Crippen LogP contribution in [0.15, 0.2) is 42.5 Å². The van der Waals surface area contributed by atoms with E-state index < -0.39 is 6.10 Å². The lowest BCUT2D eigenvalue weighted by Crippen LogP contribution is -2.20. The zero-order valence-corrected chi connectivity index (χ0v) is 11.5. The molecule has 3 rings (SSSR count). The second kappa shape index (κ2) is 4.97. The fourth-order valence-electron chi connectivity index (χ4n) is 2.60. The number of aliphatic hydroxyl groups is 1. The van der Waals surface area contributed by atoms with Crippen LogP contribution < -0.4 is 5.32 Å². The van der Waals surface area contributed by atoms with Crippen molar-refractivity contribution in [1.82, 2.24) is 5.32 Å². The first-order valence-electron chi connectivity index (χ1n) is 6.42. The van der Waals surface area contributed by atoms with Gasteiger partial charge >= 0.3 is 0 Å². The third-order valence-electron chi connectivity index (χ3n) is 3.76. The number of hydrogen-bond acceptors (Lipinski definition) is 2. The summed E-state index contributed by atoms with van der Waals surface area (Å²) in [6, 6.07) is 13.9. The molecular formula is C16H16ClNO. The molecule has 2 nitrogen and oxygen atoms in total. The highest BCUT2D eigenvalue weighted by Gasteiger charge is 2.28. The summed E-state index contributed by atoms with van der Waals surface area (Å²) in [4.78, 5) is 0. The van der Waals surface area contributed by atoms with Gasteiger partial charge < -0.3 is 10.4 Å². The minimum atomic E-state index is -0.582. The van der Waals surface area contributed by atoms with Crippen molar-refractivity contribution in [2.45, 2.75) is 25.6 Å². The van der Waals surface area contributed by atoms with Gasteiger partial charge in [0.15, 0.2) is 0 Å². The molecule has 0 radical (unpaired) electrons. The van der Waals surface area contributed by atoms with Crippen LogP contribution >= 0.6 is 11.6 Å². The summed E-state index contributed by atoms with van der Waals surface area (Å²) in [7, 11) is 0. The molecule has 0 saturated heterocycles. The smallest absolute Gasteiger partial charge is 0.0985 e. The van der Waals surface area contributed by atoms with Crippen molar-refractivity contribution in [1.29, 1.82) is 0 Å². The molecule has 1 heterocycles. The summed E-state index contributed by atoms with van der Waals surface area (Å²) < 4.78 is 0. The normalized spacial score (nSPS) is 19.2. The SMILES string of the molecule is Cc1ccc(C(O)C2NCc3ccccc32)cc1Cl. The van der Waals surface area contributed by atoms with E-state index >= 15 is 0 Å². The number of aryl methyl sites for hydroxylation is 1. The monoisotopic (exact) mass is 273 g/mol. The molecule has 0 saturated carbocycles. The molecule has 2 atom stereocenters. The average Bonchev–Trinajstić information content (AvgIpc) is 2.85. The van der Waals surface area contributed by atoms with Gasteiger partial charge in [-0.3, -0.25) is 0 Å². The third-order valence-corrected chi connectivity index (χ3v) is 4.16. The Morgan fingerprint density at radius 2 is 2.05 bits per heavy atom. The number of nitrogens with one attached hydrogen (secondary N) is 1. The average molecular weight is 274 g/mol. The number of rotatable bonds is 2. The second-order valence-corrected chi connectivity index (χ2v) is 5.42. The van der Waals surface area contributed by atoms with Crippen LogP contribution in [0.3, 0.4) is 0 Å². The number of hydrogen-bond donors (Lipinski definition) is 2. The van der Waals surface area contributed by atoms with Gasteiger partial charge in [0.05, 0.1) is 12.1 Å². The van der Waals surface area contributed by atoms with Crippen LogP contribution in [-0.2, 0) is 6.54 Å². The van der Waals surface area contributed by atoms with E-state index in [1.165, 1.54) is 11.1 Å². The molecule has 1 aliphatic heterocycles. The van der Waals surface area contributed by atoms with Crippen LogP contribution in [-0.4, -0.2) is 5.11 Å². The second-order valence-electron chi connectivity index (χ2n) is 5.01. The molecule has 19 heavy (non-hydrogen) atoms. The molecule has 0 bridgehead atoms. The van der Waals surface area contributed by atoms with Crippen LogP contribution in [0.1, 0.15) is 34.4 Å². The highest BCUT2D eigenvalue weighted by atomic mass is 35.5. The summed E-state index contributed by atoms with van der Waals surface area (Å²) in [5.74, 6) is 0. The Morgan fingerprint density at radius 3 is 2.84 bits per heavy atom. The summed E-state index contributed by atoms with van der Waals surface area (Å²) in [5.41, 5.74) is 4.30. The minimum absolute atomic E-state index is 0.0602. The molecule has 1 aliphatic rings. The van der Waals surface area contributed by atoms with E-state index in [-0.39, 0.29) is 6.04 Å². The van der Waals surface area contributed by atoms with Crippen LogP contribution in [0, 0.1) is 6.92 Å². The van der Waals surface area contributed by atoms with E-state index in [0.717, 1.165) is 17.7 Å². The molecule has 0 aliphatic carbocycles. The predicted molar refractivity (Wildman–Crippen MR) is 77.2 cm³/mol. The van der Waals surface area contributed by atoms with E-state index in [2.05, 4.69) is 17.4 Å².